The molecule has 5 nitrogen and oxygen atoms in total. The number of methoxy groups -OCH3 is 1. The van der Waals surface area contributed by atoms with Crippen LogP contribution in [0.25, 0.3) is 0 Å². The second-order valence-corrected chi connectivity index (χ2v) is 6.76. The number of ether oxygens (including phenoxy) is 1. The number of hydrogen-bond acceptors (Lipinski definition) is 4. The minimum absolute atomic E-state index is 0.239. The Morgan fingerprint density at radius 1 is 1.37 bits per heavy atom. The van der Waals surface area contributed by atoms with E-state index in [-0.39, 0.29) is 11.3 Å². The first-order valence-electron chi connectivity index (χ1n) is 6.39. The molecule has 1 aromatic carbocycles. The fourth-order valence-corrected chi connectivity index (χ4v) is 3.78. The van der Waals surface area contributed by atoms with E-state index < -0.39 is 10.0 Å². The Bertz CT molecular complexity index is 507. The van der Waals surface area contributed by atoms with Crippen molar-refractivity contribution >= 4 is 10.0 Å². The highest BCUT2D eigenvalue weighted by Crippen LogP contribution is 2.19. The molecule has 2 unspecified atom stereocenters. The maximum absolute atomic E-state index is 12.2. The zero-order valence-corrected chi connectivity index (χ0v) is 12.0. The third kappa shape index (κ3) is 3.46. The van der Waals surface area contributed by atoms with Crippen LogP contribution in [0.1, 0.15) is 24.9 Å². The Balaban J connectivity index is 2.04. The smallest absolute Gasteiger partial charge is 0.216 e. The molecule has 0 aliphatic carbocycles. The van der Waals surface area contributed by atoms with E-state index in [0.717, 1.165) is 17.9 Å². The molecular weight excluding hydrogens is 264 g/mol. The van der Waals surface area contributed by atoms with Gasteiger partial charge < -0.3 is 10.1 Å². The van der Waals surface area contributed by atoms with Crippen LogP contribution in [0.5, 0.6) is 5.75 Å². The van der Waals surface area contributed by atoms with Gasteiger partial charge in [0.25, 0.3) is 0 Å². The molecule has 2 N–H and O–H groups in total. The molecule has 1 fully saturated rings. The predicted molar refractivity (Wildman–Crippen MR) is 74.7 cm³/mol. The zero-order chi connectivity index (χ0) is 13.9. The first kappa shape index (κ1) is 14.3. The quantitative estimate of drug-likeness (QED) is 0.848. The van der Waals surface area contributed by atoms with Crippen LogP contribution in [0.4, 0.5) is 0 Å². The Morgan fingerprint density at radius 2 is 2.05 bits per heavy atom. The largest absolute Gasteiger partial charge is 0.497 e. The van der Waals surface area contributed by atoms with Crippen molar-refractivity contribution in [1.82, 2.24) is 10.0 Å². The Hall–Kier alpha value is -1.11. The van der Waals surface area contributed by atoms with Crippen molar-refractivity contribution in [2.24, 2.45) is 0 Å². The van der Waals surface area contributed by atoms with E-state index >= 15 is 0 Å². The van der Waals surface area contributed by atoms with Crippen molar-refractivity contribution in [3.63, 3.8) is 0 Å². The molecule has 0 bridgehead atoms. The molecule has 0 amide bonds. The lowest BCUT2D eigenvalue weighted by Gasteiger charge is -2.18. The van der Waals surface area contributed by atoms with Gasteiger partial charge in [-0.2, -0.15) is 0 Å². The van der Waals surface area contributed by atoms with E-state index in [2.05, 4.69) is 10.0 Å². The van der Waals surface area contributed by atoms with E-state index in [1.165, 1.54) is 0 Å². The normalized spacial score (nSPS) is 21.3. The molecular formula is C13H20N2O3S. The SMILES string of the molecule is COc1ccc(C(C)NS(=O)(=O)C2CCNC2)cc1. The van der Waals surface area contributed by atoms with Gasteiger partial charge in [-0.1, -0.05) is 12.1 Å². The van der Waals surface area contributed by atoms with Crippen molar-refractivity contribution in [3.05, 3.63) is 29.8 Å². The summed E-state index contributed by atoms with van der Waals surface area (Å²) in [6.45, 7) is 3.15. The van der Waals surface area contributed by atoms with E-state index in [1.54, 1.807) is 7.11 Å². The molecule has 1 aromatic rings. The summed E-state index contributed by atoms with van der Waals surface area (Å²) >= 11 is 0. The number of sulfonamides is 1. The molecule has 106 valence electrons. The third-order valence-electron chi connectivity index (χ3n) is 3.41. The van der Waals surface area contributed by atoms with Crippen LogP contribution in [0.2, 0.25) is 0 Å². The van der Waals surface area contributed by atoms with Gasteiger partial charge in [0.2, 0.25) is 10.0 Å². The van der Waals surface area contributed by atoms with Gasteiger partial charge in [-0.25, -0.2) is 13.1 Å². The monoisotopic (exact) mass is 284 g/mol. The molecule has 19 heavy (non-hydrogen) atoms. The fraction of sp³-hybridized carbons (Fsp3) is 0.538. The summed E-state index contributed by atoms with van der Waals surface area (Å²) in [5.74, 6) is 0.763. The van der Waals surface area contributed by atoms with E-state index in [9.17, 15) is 8.42 Å². The summed E-state index contributed by atoms with van der Waals surface area (Å²) in [6, 6.07) is 7.17. The average molecular weight is 284 g/mol. The predicted octanol–water partition coefficient (Wildman–Crippen LogP) is 1.04. The summed E-state index contributed by atoms with van der Waals surface area (Å²) in [4.78, 5) is 0. The molecule has 6 heteroatoms. The van der Waals surface area contributed by atoms with Gasteiger partial charge in [-0.3, -0.25) is 0 Å². The van der Waals surface area contributed by atoms with Crippen LogP contribution in [0.3, 0.4) is 0 Å². The molecule has 2 rings (SSSR count). The molecule has 2 atom stereocenters. The maximum Gasteiger partial charge on any atom is 0.216 e. The molecule has 0 spiro atoms. The van der Waals surface area contributed by atoms with Gasteiger partial charge in [-0.15, -0.1) is 0 Å². The lowest BCUT2D eigenvalue weighted by Crippen LogP contribution is -2.37. The number of hydrogen-bond donors (Lipinski definition) is 2. The summed E-state index contributed by atoms with van der Waals surface area (Å²) in [6.07, 6.45) is 0.671. The summed E-state index contributed by atoms with van der Waals surface area (Å²) < 4.78 is 32.2. The van der Waals surface area contributed by atoms with Crippen molar-refractivity contribution in [3.8, 4) is 5.75 Å². The Kier molecular flexibility index (Phi) is 4.44. The fourth-order valence-electron chi connectivity index (χ4n) is 2.20. The van der Waals surface area contributed by atoms with Crippen LogP contribution < -0.4 is 14.8 Å². The number of benzene rings is 1. The van der Waals surface area contributed by atoms with Crippen LogP contribution in [0, 0.1) is 0 Å². The Morgan fingerprint density at radius 3 is 2.58 bits per heavy atom. The molecule has 0 radical (unpaired) electrons. The van der Waals surface area contributed by atoms with E-state index in [0.29, 0.717) is 13.0 Å². The van der Waals surface area contributed by atoms with Crippen LogP contribution in [-0.4, -0.2) is 33.9 Å². The minimum Gasteiger partial charge on any atom is -0.497 e. The zero-order valence-electron chi connectivity index (χ0n) is 11.2. The third-order valence-corrected chi connectivity index (χ3v) is 5.37. The summed E-state index contributed by atoms with van der Waals surface area (Å²) in [5, 5.41) is 2.75. The Labute approximate surface area is 114 Å². The number of nitrogens with one attached hydrogen (secondary N) is 2. The topological polar surface area (TPSA) is 67.4 Å². The second kappa shape index (κ2) is 5.90. The van der Waals surface area contributed by atoms with Gasteiger partial charge in [-0.05, 0) is 37.6 Å². The summed E-state index contributed by atoms with van der Waals surface area (Å²) in [7, 11) is -1.66. The second-order valence-electron chi connectivity index (χ2n) is 4.77. The van der Waals surface area contributed by atoms with Crippen molar-refractivity contribution < 1.29 is 13.2 Å². The van der Waals surface area contributed by atoms with Crippen molar-refractivity contribution in [1.29, 1.82) is 0 Å². The molecule has 1 aliphatic heterocycles. The molecule has 1 saturated heterocycles. The standard InChI is InChI=1S/C13H20N2O3S/c1-10(11-3-5-12(18-2)6-4-11)15-19(16,17)13-7-8-14-9-13/h3-6,10,13-15H,7-9H2,1-2H3. The summed E-state index contributed by atoms with van der Waals surface area (Å²) in [5.41, 5.74) is 0.926. The lowest BCUT2D eigenvalue weighted by atomic mass is 10.1. The first-order chi connectivity index (χ1) is 9.03. The molecule has 0 aromatic heterocycles. The highest BCUT2D eigenvalue weighted by Gasteiger charge is 2.29. The molecule has 1 aliphatic rings. The van der Waals surface area contributed by atoms with Gasteiger partial charge in [0.1, 0.15) is 5.75 Å². The van der Waals surface area contributed by atoms with Gasteiger partial charge >= 0.3 is 0 Å². The van der Waals surface area contributed by atoms with Crippen LogP contribution >= 0.6 is 0 Å². The van der Waals surface area contributed by atoms with Gasteiger partial charge in [0.15, 0.2) is 0 Å². The first-order valence-corrected chi connectivity index (χ1v) is 7.93. The lowest BCUT2D eigenvalue weighted by molar-refractivity contribution is 0.414. The number of rotatable bonds is 5. The van der Waals surface area contributed by atoms with Crippen molar-refractivity contribution in [2.45, 2.75) is 24.6 Å². The maximum atomic E-state index is 12.2. The average Bonchev–Trinajstić information content (AvgIpc) is 2.93. The molecule has 0 saturated carbocycles. The van der Waals surface area contributed by atoms with Crippen molar-refractivity contribution in [2.75, 3.05) is 20.2 Å². The van der Waals surface area contributed by atoms with Crippen LogP contribution in [-0.2, 0) is 10.0 Å². The highest BCUT2D eigenvalue weighted by atomic mass is 32.2. The van der Waals surface area contributed by atoms with Gasteiger partial charge in [0.05, 0.1) is 12.4 Å². The van der Waals surface area contributed by atoms with E-state index in [4.69, 9.17) is 4.74 Å². The van der Waals surface area contributed by atoms with Crippen LogP contribution in [0.15, 0.2) is 24.3 Å². The minimum atomic E-state index is -3.27. The van der Waals surface area contributed by atoms with E-state index in [1.807, 2.05) is 31.2 Å². The van der Waals surface area contributed by atoms with Gasteiger partial charge in [0, 0.05) is 12.6 Å². The molecule has 1 heterocycles. The highest BCUT2D eigenvalue weighted by molar-refractivity contribution is 7.90.